The van der Waals surface area contributed by atoms with Crippen LogP contribution in [0.25, 0.3) is 0 Å². The van der Waals surface area contributed by atoms with Gasteiger partial charge in [0.1, 0.15) is 0 Å². The summed E-state index contributed by atoms with van der Waals surface area (Å²) in [5.74, 6) is -1.06. The molecule has 0 radical (unpaired) electrons. The summed E-state index contributed by atoms with van der Waals surface area (Å²) in [6.07, 6.45) is 15.0. The van der Waals surface area contributed by atoms with Gasteiger partial charge in [-0.3, -0.25) is 9.35 Å². The van der Waals surface area contributed by atoms with Crippen molar-refractivity contribution in [2.45, 2.75) is 104 Å². The third kappa shape index (κ3) is 14.2. The molecular weight excluding hydrogens is 361 g/mol. The van der Waals surface area contributed by atoms with Crippen LogP contribution >= 0.6 is 0 Å². The van der Waals surface area contributed by atoms with Crippen molar-refractivity contribution in [3.05, 3.63) is 10.5 Å². The molecule has 0 bridgehead atoms. The second kappa shape index (κ2) is 17.2. The predicted octanol–water partition coefficient (Wildman–Crippen LogP) is 2.23. The number of carbonyl (C=O) groups excluding carboxylic acids is 1. The first-order chi connectivity index (χ1) is 11.8. The number of primary amides is 1. The fraction of sp³-hybridized carbons (Fsp3) is 0.842. The van der Waals surface area contributed by atoms with E-state index in [-0.39, 0.29) is 31.0 Å². The number of nitrogens with two attached hydrogens (primary N) is 1. The zero-order valence-electron chi connectivity index (χ0n) is 18.1. The Balaban J connectivity index is -0.00000288. The van der Waals surface area contributed by atoms with E-state index >= 15 is 0 Å². The Morgan fingerprint density at radius 3 is 1.58 bits per heavy atom. The number of unbranched alkanes of at least 4 members (excludes halogenated alkanes) is 10. The van der Waals surface area contributed by atoms with E-state index in [2.05, 4.69) is 6.92 Å². The molecule has 3 N–H and O–H groups in total. The van der Waals surface area contributed by atoms with Crippen molar-refractivity contribution in [3.8, 4) is 0 Å². The van der Waals surface area contributed by atoms with Crippen LogP contribution in [0.5, 0.6) is 0 Å². The average Bonchev–Trinajstić information content (AvgIpc) is 2.51. The summed E-state index contributed by atoms with van der Waals surface area (Å²) in [4.78, 5) is 10.8. The van der Waals surface area contributed by atoms with Gasteiger partial charge in [-0.15, -0.1) is 0 Å². The van der Waals surface area contributed by atoms with Gasteiger partial charge >= 0.3 is 29.6 Å². The number of hydrogen-bond donors (Lipinski definition) is 2. The molecule has 0 aromatic carbocycles. The molecule has 7 heteroatoms. The van der Waals surface area contributed by atoms with Crippen LogP contribution in [0.3, 0.4) is 0 Å². The van der Waals surface area contributed by atoms with Crippen LogP contribution in [0.2, 0.25) is 0 Å². The quantitative estimate of drug-likeness (QED) is 0.180. The van der Waals surface area contributed by atoms with E-state index in [1.807, 2.05) is 6.92 Å². The number of hydrogen-bond acceptors (Lipinski definition) is 3. The molecule has 0 saturated carbocycles. The van der Waals surface area contributed by atoms with Crippen LogP contribution in [0.15, 0.2) is 10.5 Å². The van der Waals surface area contributed by atoms with E-state index in [4.69, 9.17) is 5.73 Å². The Morgan fingerprint density at radius 2 is 1.23 bits per heavy atom. The summed E-state index contributed by atoms with van der Waals surface area (Å²) in [5.41, 5.74) is 5.61. The van der Waals surface area contributed by atoms with Crippen molar-refractivity contribution in [1.82, 2.24) is 0 Å². The summed E-state index contributed by atoms with van der Waals surface area (Å²) in [7, 11) is -4.54. The maximum absolute atomic E-state index is 11.4. The normalized spacial score (nSPS) is 12.4. The predicted molar refractivity (Wildman–Crippen MR) is 105 cm³/mol. The van der Waals surface area contributed by atoms with Crippen LogP contribution in [-0.2, 0) is 14.9 Å². The molecule has 26 heavy (non-hydrogen) atoms. The Bertz CT molecular complexity index is 510. The minimum atomic E-state index is -4.54. The van der Waals surface area contributed by atoms with Crippen molar-refractivity contribution >= 4 is 16.0 Å². The third-order valence-electron chi connectivity index (χ3n) is 4.44. The molecule has 0 atom stereocenters. The Labute approximate surface area is 184 Å². The van der Waals surface area contributed by atoms with Gasteiger partial charge in [-0.2, -0.15) is 8.42 Å². The van der Waals surface area contributed by atoms with Crippen LogP contribution in [0, 0.1) is 0 Å². The number of amides is 1. The number of rotatable bonds is 16. The fourth-order valence-corrected chi connectivity index (χ4v) is 3.96. The monoisotopic (exact) mass is 399 g/mol. The maximum Gasteiger partial charge on any atom is 1.00 e. The van der Waals surface area contributed by atoms with Crippen molar-refractivity contribution in [2.75, 3.05) is 0 Å². The van der Waals surface area contributed by atoms with E-state index in [0.717, 1.165) is 19.3 Å². The average molecular weight is 400 g/mol. The first-order valence-electron chi connectivity index (χ1n) is 9.83. The van der Waals surface area contributed by atoms with E-state index in [1.165, 1.54) is 51.4 Å². The zero-order chi connectivity index (χ0) is 19.1. The molecular formula is C19H38NNaO4S. The molecule has 0 saturated heterocycles. The SMILES string of the molecule is CCCCCCCCCCCCC/C(CCC)=C(/C(N)=O)S(=O)(=O)O.[H-].[Na+]. The topological polar surface area (TPSA) is 97.5 Å². The van der Waals surface area contributed by atoms with Gasteiger partial charge in [-0.25, -0.2) is 0 Å². The summed E-state index contributed by atoms with van der Waals surface area (Å²) >= 11 is 0. The summed E-state index contributed by atoms with van der Waals surface area (Å²) < 4.78 is 32.0. The number of allylic oxidation sites excluding steroid dienone is 1. The maximum atomic E-state index is 11.4. The third-order valence-corrected chi connectivity index (χ3v) is 5.44. The molecule has 0 fully saturated rings. The molecule has 0 aliphatic carbocycles. The summed E-state index contributed by atoms with van der Waals surface area (Å²) in [6.45, 7) is 4.13. The van der Waals surface area contributed by atoms with Crippen LogP contribution in [-0.4, -0.2) is 18.9 Å². The van der Waals surface area contributed by atoms with E-state index in [0.29, 0.717) is 24.8 Å². The van der Waals surface area contributed by atoms with Crippen LogP contribution < -0.4 is 35.3 Å². The van der Waals surface area contributed by atoms with Crippen molar-refractivity contribution in [1.29, 1.82) is 0 Å². The standard InChI is InChI=1S/C19H37NO4S.Na.H/c1-3-5-6-7-8-9-10-11-12-13-14-16-17(15-4-2)18(19(20)21)25(22,23)24;;/h3-16H2,1-2H3,(H2,20,21)(H,22,23,24);;/q;+1;-1/b18-17-;;. The largest absolute Gasteiger partial charge is 1.00 e. The molecule has 0 aromatic heterocycles. The summed E-state index contributed by atoms with van der Waals surface area (Å²) in [5, 5.41) is 0. The fourth-order valence-electron chi connectivity index (χ4n) is 3.14. The smallest absolute Gasteiger partial charge is 1.00 e. The van der Waals surface area contributed by atoms with Gasteiger partial charge in [-0.1, -0.05) is 84.5 Å². The molecule has 0 aromatic rings. The van der Waals surface area contributed by atoms with Crippen LogP contribution in [0.1, 0.15) is 105 Å². The Kier molecular flexibility index (Phi) is 18.8. The van der Waals surface area contributed by atoms with Crippen molar-refractivity contribution < 1.29 is 48.7 Å². The molecule has 0 heterocycles. The first-order valence-corrected chi connectivity index (χ1v) is 11.3. The van der Waals surface area contributed by atoms with E-state index in [9.17, 15) is 17.8 Å². The van der Waals surface area contributed by atoms with Gasteiger partial charge in [0.2, 0.25) is 0 Å². The van der Waals surface area contributed by atoms with Gasteiger partial charge in [0, 0.05) is 0 Å². The van der Waals surface area contributed by atoms with E-state index < -0.39 is 20.9 Å². The van der Waals surface area contributed by atoms with Crippen LogP contribution in [0.4, 0.5) is 0 Å². The second-order valence-electron chi connectivity index (χ2n) is 6.81. The molecule has 5 nitrogen and oxygen atoms in total. The number of carbonyl (C=O) groups is 1. The molecule has 0 aliphatic heterocycles. The van der Waals surface area contributed by atoms with Gasteiger partial charge in [0.05, 0.1) is 0 Å². The molecule has 0 aliphatic rings. The molecule has 1 amide bonds. The Hall–Kier alpha value is 0.120. The van der Waals surface area contributed by atoms with Crippen molar-refractivity contribution in [2.24, 2.45) is 5.73 Å². The molecule has 150 valence electrons. The van der Waals surface area contributed by atoms with E-state index in [1.54, 1.807) is 0 Å². The molecule has 0 spiro atoms. The van der Waals surface area contributed by atoms with Gasteiger partial charge in [0.25, 0.3) is 16.0 Å². The van der Waals surface area contributed by atoms with Gasteiger partial charge in [0.15, 0.2) is 4.91 Å². The minimum absolute atomic E-state index is 0. The van der Waals surface area contributed by atoms with Crippen molar-refractivity contribution in [3.63, 3.8) is 0 Å². The minimum Gasteiger partial charge on any atom is -1.00 e. The molecule has 0 rings (SSSR count). The first kappa shape index (κ1) is 28.3. The van der Waals surface area contributed by atoms with Gasteiger partial charge < -0.3 is 7.16 Å². The zero-order valence-corrected chi connectivity index (χ0v) is 19.9. The second-order valence-corrected chi connectivity index (χ2v) is 8.17. The molecule has 0 unspecified atom stereocenters. The van der Waals surface area contributed by atoms with Gasteiger partial charge in [-0.05, 0) is 24.8 Å². The Morgan fingerprint density at radius 1 is 0.808 bits per heavy atom. The summed E-state index contributed by atoms with van der Waals surface area (Å²) in [6, 6.07) is 0.